The molecule has 8 nitrogen and oxygen atoms in total. The standard InChI is InChI=1S/C14H18N6O2/c15-13(21)11-7-6-10(8-12(11)14-16-18-19-17-14)20(22)9-4-2-1-3-5-9/h6-9,22H,1-5H2,(H2,15,21)(H,16,17,18,19). The largest absolute Gasteiger partial charge is 0.366 e. The Balaban J connectivity index is 1.96. The quantitative estimate of drug-likeness (QED) is 0.736. The lowest BCUT2D eigenvalue weighted by Gasteiger charge is -2.31. The molecule has 4 N–H and O–H groups in total. The van der Waals surface area contributed by atoms with Crippen LogP contribution < -0.4 is 10.8 Å². The molecule has 3 rings (SSSR count). The third kappa shape index (κ3) is 2.77. The maximum Gasteiger partial charge on any atom is 0.249 e. The minimum absolute atomic E-state index is 0.0892. The van der Waals surface area contributed by atoms with Gasteiger partial charge in [0, 0.05) is 5.56 Å². The van der Waals surface area contributed by atoms with E-state index in [0.717, 1.165) is 25.7 Å². The Kier molecular flexibility index (Phi) is 4.01. The van der Waals surface area contributed by atoms with Crippen molar-refractivity contribution in [3.8, 4) is 11.4 Å². The molecule has 2 aromatic rings. The van der Waals surface area contributed by atoms with E-state index in [9.17, 15) is 10.0 Å². The highest BCUT2D eigenvalue weighted by Gasteiger charge is 2.22. The van der Waals surface area contributed by atoms with E-state index in [-0.39, 0.29) is 11.9 Å². The van der Waals surface area contributed by atoms with Gasteiger partial charge in [-0.15, -0.1) is 10.2 Å². The van der Waals surface area contributed by atoms with E-state index >= 15 is 0 Å². The summed E-state index contributed by atoms with van der Waals surface area (Å²) in [5, 5.41) is 25.3. The van der Waals surface area contributed by atoms with Crippen LogP contribution in [0.5, 0.6) is 0 Å². The van der Waals surface area contributed by atoms with Gasteiger partial charge in [0.1, 0.15) is 0 Å². The zero-order valence-electron chi connectivity index (χ0n) is 12.1. The summed E-state index contributed by atoms with van der Waals surface area (Å²) in [5.74, 6) is -0.304. The van der Waals surface area contributed by atoms with Crippen LogP contribution in [-0.2, 0) is 0 Å². The van der Waals surface area contributed by atoms with Crippen molar-refractivity contribution >= 4 is 11.6 Å². The van der Waals surface area contributed by atoms with Crippen molar-refractivity contribution in [1.82, 2.24) is 20.6 Å². The second-order valence-corrected chi connectivity index (χ2v) is 5.47. The summed E-state index contributed by atoms with van der Waals surface area (Å²) in [4.78, 5) is 11.6. The number of tetrazole rings is 1. The molecule has 1 aliphatic carbocycles. The highest BCUT2D eigenvalue weighted by atomic mass is 16.5. The van der Waals surface area contributed by atoms with Gasteiger partial charge < -0.3 is 5.73 Å². The molecule has 1 amide bonds. The lowest BCUT2D eigenvalue weighted by atomic mass is 9.94. The van der Waals surface area contributed by atoms with Crippen molar-refractivity contribution in [2.24, 2.45) is 5.73 Å². The molecule has 8 heteroatoms. The normalized spacial score (nSPS) is 15.7. The number of aromatic nitrogens is 4. The lowest BCUT2D eigenvalue weighted by Crippen LogP contribution is -2.34. The number of primary amides is 1. The first kappa shape index (κ1) is 14.5. The number of hydrogen-bond donors (Lipinski definition) is 3. The molecule has 0 aliphatic heterocycles. The van der Waals surface area contributed by atoms with Crippen molar-refractivity contribution in [3.63, 3.8) is 0 Å². The molecular weight excluding hydrogens is 284 g/mol. The number of nitrogens with two attached hydrogens (primary N) is 1. The van der Waals surface area contributed by atoms with E-state index in [1.54, 1.807) is 18.2 Å². The Morgan fingerprint density at radius 3 is 2.73 bits per heavy atom. The smallest absolute Gasteiger partial charge is 0.249 e. The Morgan fingerprint density at radius 1 is 1.32 bits per heavy atom. The van der Waals surface area contributed by atoms with Gasteiger partial charge in [-0.2, -0.15) is 5.21 Å². The first-order chi connectivity index (χ1) is 10.7. The summed E-state index contributed by atoms with van der Waals surface area (Å²) >= 11 is 0. The van der Waals surface area contributed by atoms with E-state index in [2.05, 4.69) is 20.6 Å². The van der Waals surface area contributed by atoms with Crippen molar-refractivity contribution in [2.45, 2.75) is 38.1 Å². The number of carbonyl (C=O) groups excluding carboxylic acids is 1. The molecule has 1 aromatic heterocycles. The van der Waals surface area contributed by atoms with Crippen LogP contribution in [0.2, 0.25) is 0 Å². The van der Waals surface area contributed by atoms with E-state index in [1.807, 2.05) is 0 Å². The van der Waals surface area contributed by atoms with Gasteiger partial charge in [0.2, 0.25) is 11.7 Å². The number of benzene rings is 1. The van der Waals surface area contributed by atoms with Gasteiger partial charge in [-0.1, -0.05) is 19.3 Å². The molecule has 22 heavy (non-hydrogen) atoms. The van der Waals surface area contributed by atoms with Crippen LogP contribution in [0.15, 0.2) is 18.2 Å². The van der Waals surface area contributed by atoms with Gasteiger partial charge in [-0.25, -0.2) is 0 Å². The Bertz CT molecular complexity index is 651. The molecule has 0 unspecified atom stereocenters. The monoisotopic (exact) mass is 302 g/mol. The summed E-state index contributed by atoms with van der Waals surface area (Å²) in [6, 6.07) is 5.01. The summed E-state index contributed by atoms with van der Waals surface area (Å²) < 4.78 is 0. The number of anilines is 1. The van der Waals surface area contributed by atoms with Gasteiger partial charge in [0.25, 0.3) is 0 Å². The maximum absolute atomic E-state index is 11.6. The number of H-pyrrole nitrogens is 1. The van der Waals surface area contributed by atoms with Crippen LogP contribution in [0.3, 0.4) is 0 Å². The number of amides is 1. The van der Waals surface area contributed by atoms with Gasteiger partial charge >= 0.3 is 0 Å². The summed E-state index contributed by atoms with van der Waals surface area (Å²) in [6.07, 6.45) is 5.33. The Labute approximate surface area is 127 Å². The van der Waals surface area contributed by atoms with E-state index in [1.165, 1.54) is 11.5 Å². The summed E-state index contributed by atoms with van der Waals surface area (Å²) in [5.41, 5.74) is 6.73. The van der Waals surface area contributed by atoms with Gasteiger partial charge in [0.15, 0.2) is 0 Å². The zero-order chi connectivity index (χ0) is 15.5. The molecule has 0 atom stereocenters. The predicted octanol–water partition coefficient (Wildman–Crippen LogP) is 1.49. The van der Waals surface area contributed by atoms with E-state index < -0.39 is 5.91 Å². The number of carbonyl (C=O) groups is 1. The second kappa shape index (κ2) is 6.10. The summed E-state index contributed by atoms with van der Waals surface area (Å²) in [6.45, 7) is 0. The highest BCUT2D eigenvalue weighted by Crippen LogP contribution is 2.30. The number of nitrogens with zero attached hydrogens (tertiary/aromatic N) is 4. The van der Waals surface area contributed by atoms with E-state index in [4.69, 9.17) is 5.73 Å². The molecule has 0 saturated heterocycles. The molecule has 0 spiro atoms. The third-order valence-corrected chi connectivity index (χ3v) is 4.04. The lowest BCUT2D eigenvalue weighted by molar-refractivity contribution is 0.100. The fraction of sp³-hybridized carbons (Fsp3) is 0.429. The van der Waals surface area contributed by atoms with Crippen LogP contribution in [0, 0.1) is 0 Å². The first-order valence-electron chi connectivity index (χ1n) is 7.32. The number of hydroxylamine groups is 1. The van der Waals surface area contributed by atoms with Crippen molar-refractivity contribution < 1.29 is 10.0 Å². The molecule has 116 valence electrons. The maximum atomic E-state index is 11.6. The molecule has 0 bridgehead atoms. The SMILES string of the molecule is NC(=O)c1ccc(N(O)C2CCCCC2)cc1-c1nn[nH]n1. The minimum Gasteiger partial charge on any atom is -0.366 e. The minimum atomic E-state index is -0.575. The predicted molar refractivity (Wildman–Crippen MR) is 79.3 cm³/mol. The summed E-state index contributed by atoms with van der Waals surface area (Å²) in [7, 11) is 0. The van der Waals surface area contributed by atoms with Crippen LogP contribution in [-0.4, -0.2) is 37.8 Å². The number of nitrogens with one attached hydrogen (secondary N) is 1. The third-order valence-electron chi connectivity index (χ3n) is 4.04. The second-order valence-electron chi connectivity index (χ2n) is 5.47. The van der Waals surface area contributed by atoms with Crippen LogP contribution in [0.4, 0.5) is 5.69 Å². The topological polar surface area (TPSA) is 121 Å². The molecule has 1 saturated carbocycles. The average Bonchev–Trinajstić information content (AvgIpc) is 3.08. The van der Waals surface area contributed by atoms with Crippen LogP contribution >= 0.6 is 0 Å². The number of rotatable bonds is 4. The molecular formula is C14H18N6O2. The van der Waals surface area contributed by atoms with E-state index in [0.29, 0.717) is 16.8 Å². The zero-order valence-corrected chi connectivity index (χ0v) is 12.1. The Hall–Kier alpha value is -2.48. The van der Waals surface area contributed by atoms with Gasteiger partial charge in [-0.05, 0) is 36.3 Å². The molecule has 1 heterocycles. The fourth-order valence-electron chi connectivity index (χ4n) is 2.89. The van der Waals surface area contributed by atoms with Gasteiger partial charge in [-0.3, -0.25) is 15.1 Å². The Morgan fingerprint density at radius 2 is 2.09 bits per heavy atom. The average molecular weight is 302 g/mol. The fourth-order valence-corrected chi connectivity index (χ4v) is 2.89. The molecule has 1 aliphatic rings. The first-order valence-corrected chi connectivity index (χ1v) is 7.32. The molecule has 0 radical (unpaired) electrons. The molecule has 1 aromatic carbocycles. The van der Waals surface area contributed by atoms with Crippen molar-refractivity contribution in [2.75, 3.05) is 5.06 Å². The van der Waals surface area contributed by atoms with Crippen LogP contribution in [0.1, 0.15) is 42.5 Å². The highest BCUT2D eigenvalue weighted by molar-refractivity contribution is 5.99. The van der Waals surface area contributed by atoms with Crippen LogP contribution in [0.25, 0.3) is 11.4 Å². The van der Waals surface area contributed by atoms with Crippen molar-refractivity contribution in [3.05, 3.63) is 23.8 Å². The number of hydrogen-bond acceptors (Lipinski definition) is 6. The van der Waals surface area contributed by atoms with Crippen molar-refractivity contribution in [1.29, 1.82) is 0 Å². The molecule has 1 fully saturated rings. The van der Waals surface area contributed by atoms with Gasteiger partial charge in [0.05, 0.1) is 17.3 Å². The number of aromatic amines is 1.